The van der Waals surface area contributed by atoms with Crippen LogP contribution in [0.4, 0.5) is 5.82 Å². The van der Waals surface area contributed by atoms with Crippen LogP contribution in [0, 0.1) is 6.92 Å². The van der Waals surface area contributed by atoms with E-state index in [1.165, 1.54) is 0 Å². The molecule has 1 atom stereocenters. The number of aryl methyl sites for hydroxylation is 1. The molecular weight excluding hydrogens is 292 g/mol. The van der Waals surface area contributed by atoms with Crippen LogP contribution >= 0.6 is 11.6 Å². The molecule has 1 unspecified atom stereocenters. The summed E-state index contributed by atoms with van der Waals surface area (Å²) in [6.07, 6.45) is 1.69. The maximum Gasteiger partial charge on any atom is 0.242 e. The van der Waals surface area contributed by atoms with Crippen molar-refractivity contribution in [2.24, 2.45) is 0 Å². The van der Waals surface area contributed by atoms with Crippen molar-refractivity contribution in [3.8, 4) is 0 Å². The van der Waals surface area contributed by atoms with Gasteiger partial charge >= 0.3 is 0 Å². The molecule has 0 aliphatic heterocycles. The smallest absolute Gasteiger partial charge is 0.242 e. The third-order valence-corrected chi connectivity index (χ3v) is 3.33. The Morgan fingerprint density at radius 2 is 2.14 bits per heavy atom. The molecule has 0 aliphatic carbocycles. The topological polar surface area (TPSA) is 76.1 Å². The Hall–Kier alpha value is -1.40. The number of halogens is 1. The first kappa shape index (κ1) is 17.7. The quantitative estimate of drug-likeness (QED) is 0.566. The van der Waals surface area contributed by atoms with Crippen LogP contribution in [0.1, 0.15) is 31.7 Å². The molecule has 2 N–H and O–H groups in total. The zero-order valence-corrected chi connectivity index (χ0v) is 13.8. The highest BCUT2D eigenvalue weighted by Gasteiger charge is 2.16. The van der Waals surface area contributed by atoms with Gasteiger partial charge in [-0.1, -0.05) is 18.5 Å². The molecule has 1 aromatic rings. The minimum Gasteiger partial charge on any atom is -0.383 e. The second kappa shape index (κ2) is 8.79. The first-order chi connectivity index (χ1) is 9.99. The van der Waals surface area contributed by atoms with Crippen LogP contribution in [-0.4, -0.2) is 42.2 Å². The normalized spacial score (nSPS) is 12.0. The molecule has 0 fully saturated rings. The lowest BCUT2D eigenvalue weighted by Gasteiger charge is -2.17. The lowest BCUT2D eigenvalue weighted by molar-refractivity contribution is -0.121. The second-order valence-electron chi connectivity index (χ2n) is 4.80. The molecule has 1 heterocycles. The van der Waals surface area contributed by atoms with Gasteiger partial charge < -0.3 is 15.4 Å². The van der Waals surface area contributed by atoms with E-state index in [4.69, 9.17) is 16.3 Å². The van der Waals surface area contributed by atoms with E-state index in [1.807, 2.05) is 6.92 Å². The van der Waals surface area contributed by atoms with Gasteiger partial charge in [-0.2, -0.15) is 0 Å². The average molecular weight is 315 g/mol. The van der Waals surface area contributed by atoms with Crippen LogP contribution in [0.5, 0.6) is 0 Å². The van der Waals surface area contributed by atoms with Gasteiger partial charge in [0.25, 0.3) is 0 Å². The van der Waals surface area contributed by atoms with Crippen molar-refractivity contribution >= 4 is 23.3 Å². The summed E-state index contributed by atoms with van der Waals surface area (Å²) in [5.74, 6) is 1.17. The molecule has 1 rings (SSSR count). The minimum atomic E-state index is -0.416. The van der Waals surface area contributed by atoms with Gasteiger partial charge in [0.1, 0.15) is 22.8 Å². The lowest BCUT2D eigenvalue weighted by Crippen LogP contribution is -2.39. The number of ether oxygens (including phenoxy) is 1. The van der Waals surface area contributed by atoms with E-state index in [1.54, 1.807) is 14.0 Å². The molecule has 1 amide bonds. The zero-order valence-electron chi connectivity index (χ0n) is 13.0. The number of nitrogens with one attached hydrogen (secondary N) is 2. The van der Waals surface area contributed by atoms with Crippen LogP contribution in [0.2, 0.25) is 5.15 Å². The van der Waals surface area contributed by atoms with E-state index in [0.29, 0.717) is 29.9 Å². The molecule has 0 radical (unpaired) electrons. The van der Waals surface area contributed by atoms with Crippen LogP contribution in [-0.2, 0) is 16.0 Å². The summed E-state index contributed by atoms with van der Waals surface area (Å²) in [7, 11) is 1.59. The number of hydrogen-bond donors (Lipinski definition) is 2. The van der Waals surface area contributed by atoms with Gasteiger partial charge in [0.15, 0.2) is 0 Å². The number of anilines is 1. The summed E-state index contributed by atoms with van der Waals surface area (Å²) in [6, 6.07) is -0.416. The summed E-state index contributed by atoms with van der Waals surface area (Å²) >= 11 is 6.11. The Morgan fingerprint density at radius 1 is 1.43 bits per heavy atom. The van der Waals surface area contributed by atoms with Gasteiger partial charge in [-0.15, -0.1) is 0 Å². The molecule has 6 nitrogen and oxygen atoms in total. The van der Waals surface area contributed by atoms with Crippen molar-refractivity contribution in [3.05, 3.63) is 16.5 Å². The van der Waals surface area contributed by atoms with Gasteiger partial charge in [-0.05, 0) is 20.3 Å². The van der Waals surface area contributed by atoms with Crippen molar-refractivity contribution in [3.63, 3.8) is 0 Å². The molecule has 118 valence electrons. The maximum atomic E-state index is 11.9. The fraction of sp³-hybridized carbons (Fsp3) is 0.643. The Kier molecular flexibility index (Phi) is 7.39. The van der Waals surface area contributed by atoms with Crippen molar-refractivity contribution in [1.29, 1.82) is 0 Å². The third kappa shape index (κ3) is 5.47. The highest BCUT2D eigenvalue weighted by Crippen LogP contribution is 2.21. The predicted molar refractivity (Wildman–Crippen MR) is 83.7 cm³/mol. The van der Waals surface area contributed by atoms with Gasteiger partial charge in [0.05, 0.1) is 6.61 Å². The van der Waals surface area contributed by atoms with Gasteiger partial charge in [0, 0.05) is 25.6 Å². The molecule has 0 bridgehead atoms. The lowest BCUT2D eigenvalue weighted by atomic mass is 10.2. The van der Waals surface area contributed by atoms with Crippen LogP contribution in [0.25, 0.3) is 0 Å². The number of amides is 1. The summed E-state index contributed by atoms with van der Waals surface area (Å²) in [6.45, 7) is 6.62. The van der Waals surface area contributed by atoms with E-state index in [9.17, 15) is 4.79 Å². The molecule has 1 aromatic heterocycles. The standard InChI is InChI=1S/C14H23ClN4O2/c1-5-6-11-18-12(15)9(2)13(19-11)17-10(3)14(20)16-7-8-21-4/h10H,5-8H2,1-4H3,(H,16,20)(H,17,18,19). The average Bonchev–Trinajstić information content (AvgIpc) is 2.44. The number of carbonyl (C=O) groups excluding carboxylic acids is 1. The monoisotopic (exact) mass is 314 g/mol. The number of hydrogen-bond acceptors (Lipinski definition) is 5. The molecule has 0 aliphatic rings. The summed E-state index contributed by atoms with van der Waals surface area (Å²) in [5.41, 5.74) is 0.744. The molecule has 0 saturated carbocycles. The number of carbonyl (C=O) groups is 1. The van der Waals surface area contributed by atoms with Crippen LogP contribution < -0.4 is 10.6 Å². The maximum absolute atomic E-state index is 11.9. The number of nitrogens with zero attached hydrogens (tertiary/aromatic N) is 2. The van der Waals surface area contributed by atoms with Gasteiger partial charge in [-0.3, -0.25) is 4.79 Å². The third-order valence-electron chi connectivity index (χ3n) is 2.96. The Balaban J connectivity index is 2.74. The van der Waals surface area contributed by atoms with Crippen LogP contribution in [0.15, 0.2) is 0 Å². The van der Waals surface area contributed by atoms with Crippen molar-refractivity contribution in [1.82, 2.24) is 15.3 Å². The first-order valence-corrected chi connectivity index (χ1v) is 7.43. The van der Waals surface area contributed by atoms with Crippen molar-refractivity contribution < 1.29 is 9.53 Å². The van der Waals surface area contributed by atoms with E-state index >= 15 is 0 Å². The van der Waals surface area contributed by atoms with E-state index < -0.39 is 6.04 Å². The minimum absolute atomic E-state index is 0.113. The molecule has 21 heavy (non-hydrogen) atoms. The Bertz CT molecular complexity index is 482. The highest BCUT2D eigenvalue weighted by molar-refractivity contribution is 6.30. The van der Waals surface area contributed by atoms with Gasteiger partial charge in [-0.25, -0.2) is 9.97 Å². The zero-order chi connectivity index (χ0) is 15.8. The summed E-state index contributed by atoms with van der Waals surface area (Å²) in [5, 5.41) is 6.28. The first-order valence-electron chi connectivity index (χ1n) is 7.05. The highest BCUT2D eigenvalue weighted by atomic mass is 35.5. The van der Waals surface area contributed by atoms with E-state index in [2.05, 4.69) is 27.5 Å². The Labute approximate surface area is 130 Å². The largest absolute Gasteiger partial charge is 0.383 e. The Morgan fingerprint density at radius 3 is 2.76 bits per heavy atom. The fourth-order valence-corrected chi connectivity index (χ4v) is 1.90. The van der Waals surface area contributed by atoms with E-state index in [0.717, 1.165) is 18.4 Å². The summed E-state index contributed by atoms with van der Waals surface area (Å²) in [4.78, 5) is 20.6. The fourth-order valence-electron chi connectivity index (χ4n) is 1.71. The number of rotatable bonds is 8. The second-order valence-corrected chi connectivity index (χ2v) is 5.16. The number of methoxy groups -OCH3 is 1. The SMILES string of the molecule is CCCc1nc(Cl)c(C)c(NC(C)C(=O)NCCOC)n1. The molecule has 0 aromatic carbocycles. The molecule has 7 heteroatoms. The number of aromatic nitrogens is 2. The molecular formula is C14H23ClN4O2. The van der Waals surface area contributed by atoms with Crippen LogP contribution in [0.3, 0.4) is 0 Å². The molecule has 0 spiro atoms. The summed E-state index contributed by atoms with van der Waals surface area (Å²) < 4.78 is 4.89. The van der Waals surface area contributed by atoms with Crippen molar-refractivity contribution in [2.75, 3.05) is 25.6 Å². The van der Waals surface area contributed by atoms with Gasteiger partial charge in [0.2, 0.25) is 5.91 Å². The predicted octanol–water partition coefficient (Wildman–Crippen LogP) is 1.95. The van der Waals surface area contributed by atoms with E-state index in [-0.39, 0.29) is 5.91 Å². The molecule has 0 saturated heterocycles. The van der Waals surface area contributed by atoms with Crippen molar-refractivity contribution in [2.45, 2.75) is 39.7 Å².